The van der Waals surface area contributed by atoms with Crippen LogP contribution in [0.15, 0.2) is 24.3 Å². The average Bonchev–Trinajstić information content (AvgIpc) is 2.27. The summed E-state index contributed by atoms with van der Waals surface area (Å²) in [5.41, 5.74) is 4.11. The van der Waals surface area contributed by atoms with Crippen LogP contribution in [-0.2, 0) is 11.2 Å². The second kappa shape index (κ2) is 4.08. The zero-order chi connectivity index (χ0) is 10.6. The van der Waals surface area contributed by atoms with Crippen molar-refractivity contribution in [1.29, 1.82) is 0 Å². The van der Waals surface area contributed by atoms with Gasteiger partial charge in [-0.15, -0.1) is 0 Å². The first-order valence-electron chi connectivity index (χ1n) is 4.99. The van der Waals surface area contributed by atoms with Gasteiger partial charge in [0.2, 0.25) is 5.91 Å². The van der Waals surface area contributed by atoms with Gasteiger partial charge in [-0.1, -0.05) is 31.2 Å². The maximum atomic E-state index is 11.2. The molecule has 0 heterocycles. The second-order valence-electron chi connectivity index (χ2n) is 3.18. The standard InChI is InChI=1S/C11H15NO/c1-3-9-4-6-10(7-5-9)8(2)11(12)13/h4-8H,3H2,1-2H3,(H2,12,13)/i/hT. The maximum Gasteiger partial charge on any atom is 0.224 e. The van der Waals surface area contributed by atoms with E-state index < -0.39 is 0 Å². The summed E-state index contributed by atoms with van der Waals surface area (Å²) in [6.45, 7) is 3.89. The van der Waals surface area contributed by atoms with Crippen molar-refractivity contribution in [1.82, 2.24) is 0 Å². The predicted octanol–water partition coefficient (Wildman–Crippen LogP) is 1.84. The molecule has 1 rings (SSSR count). The lowest BCUT2D eigenvalue weighted by Gasteiger charge is -2.07. The monoisotopic (exact) mass is 179 g/mol. The Kier molecular flexibility index (Phi) is 2.60. The summed E-state index contributed by atoms with van der Waals surface area (Å²) in [5, 5.41) is 0. The molecule has 0 aliphatic carbocycles. The van der Waals surface area contributed by atoms with Crippen LogP contribution < -0.4 is 5.73 Å². The Labute approximate surface area is 80.2 Å². The van der Waals surface area contributed by atoms with Crippen LogP contribution in [0.4, 0.5) is 0 Å². The first-order valence-corrected chi connectivity index (χ1v) is 4.49. The van der Waals surface area contributed by atoms with E-state index in [2.05, 4.69) is 6.92 Å². The minimum atomic E-state index is -0.269. The molecule has 2 N–H and O–H groups in total. The highest BCUT2D eigenvalue weighted by Crippen LogP contribution is 2.15. The summed E-state index contributed by atoms with van der Waals surface area (Å²) in [4.78, 5) is 11.2. The summed E-state index contributed by atoms with van der Waals surface area (Å²) in [7, 11) is 0. The molecule has 0 aliphatic heterocycles. The van der Waals surface area contributed by atoms with E-state index in [0.29, 0.717) is 0 Å². The Bertz CT molecular complexity index is 308. The van der Waals surface area contributed by atoms with Gasteiger partial charge >= 0.3 is 0 Å². The van der Waals surface area contributed by atoms with Gasteiger partial charge in [0.1, 0.15) is 0 Å². The molecule has 0 spiro atoms. The Balaban J connectivity index is 2.81. The second-order valence-corrected chi connectivity index (χ2v) is 3.18. The molecule has 0 aliphatic rings. The van der Waals surface area contributed by atoms with Crippen LogP contribution in [0.1, 0.15) is 30.9 Å². The van der Waals surface area contributed by atoms with Crippen LogP contribution in [0.2, 0.25) is 1.41 Å². The number of nitrogens with two attached hydrogens (primary N) is 1. The highest BCUT2D eigenvalue weighted by Gasteiger charge is 2.10. The Hall–Kier alpha value is -1.31. The van der Waals surface area contributed by atoms with Crippen molar-refractivity contribution >= 4 is 5.91 Å². The Morgan fingerprint density at radius 2 is 2.15 bits per heavy atom. The van der Waals surface area contributed by atoms with Crippen LogP contribution in [0.25, 0.3) is 0 Å². The molecule has 1 aromatic carbocycles. The molecule has 1 unspecified atom stereocenters. The molecule has 13 heavy (non-hydrogen) atoms. The van der Waals surface area contributed by atoms with E-state index in [1.807, 2.05) is 30.0 Å². The predicted molar refractivity (Wildman–Crippen MR) is 53.4 cm³/mol. The Morgan fingerprint density at radius 1 is 1.54 bits per heavy atom. The third-order valence-electron chi connectivity index (χ3n) is 2.28. The third-order valence-corrected chi connectivity index (χ3v) is 2.28. The van der Waals surface area contributed by atoms with Crippen molar-refractivity contribution in [3.05, 3.63) is 35.4 Å². The fourth-order valence-electron chi connectivity index (χ4n) is 1.19. The number of aryl methyl sites for hydroxylation is 1. The number of rotatable bonds is 3. The molecule has 2 heteroatoms. The number of carbonyl (C=O) groups excluding carboxylic acids is 1. The molecule has 2 nitrogen and oxygen atoms in total. The van der Waals surface area contributed by atoms with E-state index in [1.54, 1.807) is 6.92 Å². The molecule has 1 amide bonds. The van der Waals surface area contributed by atoms with Crippen molar-refractivity contribution < 1.29 is 6.21 Å². The number of carbonyl (C=O) groups is 1. The van der Waals surface area contributed by atoms with Gasteiger partial charge in [0.05, 0.1) is 5.92 Å². The molecule has 0 fully saturated rings. The van der Waals surface area contributed by atoms with E-state index in [4.69, 9.17) is 1.41 Å². The minimum Gasteiger partial charge on any atom is -0.369 e. The molecule has 0 bridgehead atoms. The fourth-order valence-corrected chi connectivity index (χ4v) is 1.19. The van der Waals surface area contributed by atoms with E-state index in [0.717, 1.165) is 12.0 Å². The van der Waals surface area contributed by atoms with E-state index in [-0.39, 0.29) is 11.8 Å². The molecule has 70 valence electrons. The van der Waals surface area contributed by atoms with E-state index in [1.165, 1.54) is 5.56 Å². The summed E-state index contributed by atoms with van der Waals surface area (Å²) in [6, 6.07) is 7.92. The number of hydrogen-bond donors (Lipinski definition) is 1. The largest absolute Gasteiger partial charge is 0.369 e. The minimum absolute atomic E-state index is 0.251. The average molecular weight is 179 g/mol. The topological polar surface area (TPSA) is 43.1 Å². The lowest BCUT2D eigenvalue weighted by Crippen LogP contribution is -2.18. The maximum absolute atomic E-state index is 11.2. The molecular weight excluding hydrogens is 162 g/mol. The molecule has 0 radical (unpaired) electrons. The number of hydrogen-bond acceptors (Lipinski definition) is 1. The summed E-state index contributed by atoms with van der Waals surface area (Å²) in [6.07, 6.45) is 0.999. The van der Waals surface area contributed by atoms with Crippen molar-refractivity contribution in [3.63, 3.8) is 0 Å². The number of benzene rings is 1. The van der Waals surface area contributed by atoms with Gasteiger partial charge in [-0.2, -0.15) is 0 Å². The van der Waals surface area contributed by atoms with Crippen molar-refractivity contribution in [2.24, 2.45) is 5.73 Å². The lowest BCUT2D eigenvalue weighted by atomic mass is 9.99. The van der Waals surface area contributed by atoms with Crippen LogP contribution in [0, 0.1) is 0 Å². The van der Waals surface area contributed by atoms with Gasteiger partial charge in [-0.3, -0.25) is 4.79 Å². The van der Waals surface area contributed by atoms with Gasteiger partial charge in [0.25, 0.3) is 0 Å². The highest BCUT2D eigenvalue weighted by atomic mass is 16.1. The third kappa shape index (κ3) is 2.31. The van der Waals surface area contributed by atoms with E-state index >= 15 is 0 Å². The van der Waals surface area contributed by atoms with Crippen molar-refractivity contribution in [2.45, 2.75) is 26.2 Å². The lowest BCUT2D eigenvalue weighted by molar-refractivity contribution is -0.119. The Morgan fingerprint density at radius 3 is 2.62 bits per heavy atom. The van der Waals surface area contributed by atoms with Gasteiger partial charge in [-0.05, 0) is 24.5 Å². The van der Waals surface area contributed by atoms with Crippen LogP contribution >= 0.6 is 0 Å². The normalized spacial score (nSPS) is 13.2. The van der Waals surface area contributed by atoms with Crippen molar-refractivity contribution in [2.75, 3.05) is 0 Å². The van der Waals surface area contributed by atoms with E-state index in [9.17, 15) is 4.79 Å². The smallest absolute Gasteiger partial charge is 0.224 e. The molecule has 0 aromatic heterocycles. The van der Waals surface area contributed by atoms with Gasteiger partial charge < -0.3 is 5.73 Å². The quantitative estimate of drug-likeness (QED) is 0.755. The SMILES string of the molecule is [3H]NC(=O)C(C)c1ccc(CC)cc1. The van der Waals surface area contributed by atoms with Crippen LogP contribution in [0.5, 0.6) is 0 Å². The summed E-state index contributed by atoms with van der Waals surface area (Å²) >= 11 is 0. The van der Waals surface area contributed by atoms with Gasteiger partial charge in [-0.25, -0.2) is 0 Å². The highest BCUT2D eigenvalue weighted by molar-refractivity contribution is 5.81. The number of amides is 1. The first kappa shape index (κ1) is 8.30. The van der Waals surface area contributed by atoms with Crippen LogP contribution in [-0.4, -0.2) is 5.91 Å². The summed E-state index contributed by atoms with van der Waals surface area (Å²) in [5.74, 6) is -0.521. The van der Waals surface area contributed by atoms with Crippen LogP contribution in [0.3, 0.4) is 0 Å². The van der Waals surface area contributed by atoms with Gasteiger partial charge in [0, 0.05) is 0 Å². The van der Waals surface area contributed by atoms with Gasteiger partial charge in [0.15, 0.2) is 1.41 Å². The first-order chi connectivity index (χ1) is 6.69. The van der Waals surface area contributed by atoms with Crippen molar-refractivity contribution in [3.8, 4) is 0 Å². The molecule has 0 saturated carbocycles. The summed E-state index contributed by atoms with van der Waals surface area (Å²) < 4.78 is 6.77. The fraction of sp³-hybridized carbons (Fsp3) is 0.364. The molecule has 1 atom stereocenters. The molecule has 0 saturated heterocycles. The number of primary amides is 1. The zero-order valence-corrected chi connectivity index (χ0v) is 8.00. The molecule has 1 aromatic rings. The molecular formula is C11H15NO. The zero-order valence-electron chi connectivity index (χ0n) is 9.00.